The molecule has 0 aliphatic carbocycles. The van der Waals surface area contributed by atoms with Gasteiger partial charge in [0.2, 0.25) is 0 Å². The number of hydrogen-bond acceptors (Lipinski definition) is 5. The molecule has 5 nitrogen and oxygen atoms in total. The van der Waals surface area contributed by atoms with Crippen molar-refractivity contribution < 1.29 is 13.9 Å². The second-order valence-electron chi connectivity index (χ2n) is 6.72. The van der Waals surface area contributed by atoms with Crippen LogP contribution in [0.2, 0.25) is 0 Å². The lowest BCUT2D eigenvalue weighted by atomic mass is 9.77. The predicted octanol–water partition coefficient (Wildman–Crippen LogP) is 3.23. The van der Waals surface area contributed by atoms with Crippen LogP contribution in [0.1, 0.15) is 18.7 Å². The molecule has 4 rings (SSSR count). The van der Waals surface area contributed by atoms with Crippen LogP contribution in [0.25, 0.3) is 22.2 Å². The molecule has 1 aromatic heterocycles. The van der Waals surface area contributed by atoms with Crippen LogP contribution in [-0.2, 0) is 14.9 Å². The van der Waals surface area contributed by atoms with Crippen molar-refractivity contribution in [3.63, 3.8) is 0 Å². The number of carbonyl (C=O) groups is 1. The molecule has 1 fully saturated rings. The molecule has 0 radical (unpaired) electrons. The minimum absolute atomic E-state index is 0.348. The zero-order valence-corrected chi connectivity index (χ0v) is 15.0. The molecule has 1 aliphatic rings. The molecule has 1 aliphatic heterocycles. The van der Waals surface area contributed by atoms with E-state index in [1.165, 1.54) is 13.2 Å². The van der Waals surface area contributed by atoms with Crippen LogP contribution in [0, 0.1) is 5.82 Å². The molecule has 2 aromatic carbocycles. The summed E-state index contributed by atoms with van der Waals surface area (Å²) in [5.41, 5.74) is 0.647. The lowest BCUT2D eigenvalue weighted by Gasteiger charge is -2.33. The van der Waals surface area contributed by atoms with E-state index in [1.54, 1.807) is 18.2 Å². The number of carbonyl (C=O) groups excluding carboxylic acids is 1. The Morgan fingerprint density at radius 3 is 2.52 bits per heavy atom. The van der Waals surface area contributed by atoms with Crippen LogP contribution in [0.15, 0.2) is 48.5 Å². The van der Waals surface area contributed by atoms with Gasteiger partial charge in [-0.15, -0.1) is 0 Å². The summed E-state index contributed by atoms with van der Waals surface area (Å²) in [4.78, 5) is 22.1. The fourth-order valence-corrected chi connectivity index (χ4v) is 3.72. The van der Waals surface area contributed by atoms with Gasteiger partial charge in [0.25, 0.3) is 0 Å². The van der Waals surface area contributed by atoms with Crippen molar-refractivity contribution in [3.8, 4) is 11.3 Å². The Morgan fingerprint density at radius 1 is 1.07 bits per heavy atom. The van der Waals surface area contributed by atoms with Gasteiger partial charge in [0.15, 0.2) is 0 Å². The predicted molar refractivity (Wildman–Crippen MR) is 101 cm³/mol. The van der Waals surface area contributed by atoms with Gasteiger partial charge in [-0.2, -0.15) is 0 Å². The van der Waals surface area contributed by atoms with Crippen LogP contribution in [0.3, 0.4) is 0 Å². The average molecular weight is 365 g/mol. The third-order valence-corrected chi connectivity index (χ3v) is 5.19. The number of ether oxygens (including phenoxy) is 1. The quantitative estimate of drug-likeness (QED) is 0.722. The number of piperidine rings is 1. The van der Waals surface area contributed by atoms with Gasteiger partial charge in [0.1, 0.15) is 17.1 Å². The molecule has 0 unspecified atom stereocenters. The molecule has 6 heteroatoms. The smallest absolute Gasteiger partial charge is 0.319 e. The van der Waals surface area contributed by atoms with Crippen LogP contribution in [0.5, 0.6) is 0 Å². The minimum Gasteiger partial charge on any atom is -0.468 e. The molecule has 1 saturated heterocycles. The lowest BCUT2D eigenvalue weighted by molar-refractivity contribution is -0.149. The largest absolute Gasteiger partial charge is 0.468 e. The van der Waals surface area contributed by atoms with E-state index >= 15 is 0 Å². The van der Waals surface area contributed by atoms with Gasteiger partial charge in [0, 0.05) is 10.9 Å². The highest BCUT2D eigenvalue weighted by molar-refractivity contribution is 5.93. The molecule has 0 atom stereocenters. The summed E-state index contributed by atoms with van der Waals surface area (Å²) in [6, 6.07) is 14.0. The number of aromatic nitrogens is 2. The maximum absolute atomic E-state index is 14.5. The molecule has 0 saturated carbocycles. The Morgan fingerprint density at radius 2 is 1.78 bits per heavy atom. The van der Waals surface area contributed by atoms with Crippen LogP contribution in [-0.4, -0.2) is 36.1 Å². The van der Waals surface area contributed by atoms with Gasteiger partial charge in [-0.1, -0.05) is 30.3 Å². The van der Waals surface area contributed by atoms with Gasteiger partial charge in [-0.05, 0) is 44.1 Å². The Labute approximate surface area is 156 Å². The zero-order chi connectivity index (χ0) is 18.9. The van der Waals surface area contributed by atoms with E-state index in [0.717, 1.165) is 5.39 Å². The molecule has 1 N–H and O–H groups in total. The molecular formula is C21H20FN3O2. The van der Waals surface area contributed by atoms with Crippen molar-refractivity contribution in [2.45, 2.75) is 18.3 Å². The van der Waals surface area contributed by atoms with Gasteiger partial charge in [-0.3, -0.25) is 4.79 Å². The number of benzene rings is 2. The molecule has 27 heavy (non-hydrogen) atoms. The maximum Gasteiger partial charge on any atom is 0.319 e. The Bertz CT molecular complexity index is 1000. The summed E-state index contributed by atoms with van der Waals surface area (Å²) in [5, 5.41) is 4.01. The number of hydrogen-bond donors (Lipinski definition) is 1. The molecule has 0 spiro atoms. The Kier molecular flexibility index (Phi) is 4.58. The van der Waals surface area contributed by atoms with Gasteiger partial charge >= 0.3 is 5.97 Å². The monoisotopic (exact) mass is 365 g/mol. The molecule has 2 heterocycles. The summed E-state index contributed by atoms with van der Waals surface area (Å²) >= 11 is 0. The van der Waals surface area contributed by atoms with Crippen molar-refractivity contribution in [2.75, 3.05) is 20.2 Å². The molecule has 0 amide bonds. The van der Waals surface area contributed by atoms with Crippen LogP contribution in [0.4, 0.5) is 4.39 Å². The number of nitrogens with one attached hydrogen (secondary N) is 1. The van der Waals surface area contributed by atoms with E-state index < -0.39 is 5.41 Å². The standard InChI is InChI=1S/C21H20FN3O2/c1-27-20(26)21(10-12-23-13-11-21)19-24-17-9-5-3-7-15(17)18(25-19)14-6-2-4-8-16(14)22/h2-9,23H,10-13H2,1H3. The third-order valence-electron chi connectivity index (χ3n) is 5.19. The first-order valence-corrected chi connectivity index (χ1v) is 8.97. The normalized spacial score (nSPS) is 16.2. The number of nitrogens with zero attached hydrogens (tertiary/aromatic N) is 2. The number of esters is 1. The highest BCUT2D eigenvalue weighted by atomic mass is 19.1. The first kappa shape index (κ1) is 17.5. The van der Waals surface area contributed by atoms with E-state index in [1.807, 2.05) is 24.3 Å². The van der Waals surface area contributed by atoms with Crippen molar-refractivity contribution in [3.05, 3.63) is 60.2 Å². The van der Waals surface area contributed by atoms with Crippen LogP contribution >= 0.6 is 0 Å². The van der Waals surface area contributed by atoms with Crippen molar-refractivity contribution in [1.82, 2.24) is 15.3 Å². The SMILES string of the molecule is COC(=O)C1(c2nc(-c3ccccc3F)c3ccccc3n2)CCNCC1. The van der Waals surface area contributed by atoms with E-state index in [2.05, 4.69) is 5.32 Å². The number of halogens is 1. The highest BCUT2D eigenvalue weighted by Gasteiger charge is 2.45. The van der Waals surface area contributed by atoms with E-state index in [4.69, 9.17) is 14.7 Å². The fraction of sp³-hybridized carbons (Fsp3) is 0.286. The fourth-order valence-electron chi connectivity index (χ4n) is 3.72. The van der Waals surface area contributed by atoms with Gasteiger partial charge in [0.05, 0.1) is 18.3 Å². The average Bonchev–Trinajstić information content (AvgIpc) is 2.73. The topological polar surface area (TPSA) is 64.1 Å². The molecule has 3 aromatic rings. The first-order valence-electron chi connectivity index (χ1n) is 8.97. The first-order chi connectivity index (χ1) is 13.2. The van der Waals surface area contributed by atoms with E-state index in [0.29, 0.717) is 48.5 Å². The highest BCUT2D eigenvalue weighted by Crippen LogP contribution is 2.36. The summed E-state index contributed by atoms with van der Waals surface area (Å²) in [7, 11) is 1.38. The third kappa shape index (κ3) is 2.96. The summed E-state index contributed by atoms with van der Waals surface area (Å²) in [5.74, 6) is -0.309. The van der Waals surface area contributed by atoms with Crippen LogP contribution < -0.4 is 5.32 Å². The van der Waals surface area contributed by atoms with Crippen molar-refractivity contribution >= 4 is 16.9 Å². The number of methoxy groups -OCH3 is 1. The number of fused-ring (bicyclic) bond motifs is 1. The molecular weight excluding hydrogens is 345 g/mol. The van der Waals surface area contributed by atoms with Gasteiger partial charge in [-0.25, -0.2) is 14.4 Å². The Balaban J connectivity index is 2.00. The van der Waals surface area contributed by atoms with E-state index in [-0.39, 0.29) is 11.8 Å². The lowest BCUT2D eigenvalue weighted by Crippen LogP contribution is -2.47. The second kappa shape index (κ2) is 7.04. The molecule has 0 bridgehead atoms. The number of para-hydroxylation sites is 1. The summed E-state index contributed by atoms with van der Waals surface area (Å²) in [6.45, 7) is 1.33. The zero-order valence-electron chi connectivity index (χ0n) is 15.0. The van der Waals surface area contributed by atoms with Crippen molar-refractivity contribution in [1.29, 1.82) is 0 Å². The van der Waals surface area contributed by atoms with E-state index in [9.17, 15) is 9.18 Å². The van der Waals surface area contributed by atoms with Gasteiger partial charge < -0.3 is 10.1 Å². The summed E-state index contributed by atoms with van der Waals surface area (Å²) in [6.07, 6.45) is 1.07. The Hall–Kier alpha value is -2.86. The maximum atomic E-state index is 14.5. The second-order valence-corrected chi connectivity index (χ2v) is 6.72. The molecule has 138 valence electrons. The minimum atomic E-state index is -0.927. The summed E-state index contributed by atoms with van der Waals surface area (Å²) < 4.78 is 19.6. The number of rotatable bonds is 3. The van der Waals surface area contributed by atoms with Crippen molar-refractivity contribution in [2.24, 2.45) is 0 Å².